The zero-order chi connectivity index (χ0) is 47.2. The summed E-state index contributed by atoms with van der Waals surface area (Å²) in [5, 5.41) is 0. The van der Waals surface area contributed by atoms with Gasteiger partial charge in [0.2, 0.25) is 0 Å². The lowest BCUT2D eigenvalue weighted by Crippen LogP contribution is -2.30. The number of allylic oxidation sites excluding steroid dienone is 12. The van der Waals surface area contributed by atoms with Crippen molar-refractivity contribution in [1.29, 1.82) is 0 Å². The van der Waals surface area contributed by atoms with Crippen molar-refractivity contribution in [3.8, 4) is 0 Å². The van der Waals surface area contributed by atoms with E-state index in [1.807, 2.05) is 0 Å². The Morgan fingerprint density at radius 1 is 0.323 bits per heavy atom. The molecule has 0 fully saturated rings. The van der Waals surface area contributed by atoms with Gasteiger partial charge in [-0.15, -0.1) is 0 Å². The lowest BCUT2D eigenvalue weighted by Gasteiger charge is -2.18. The van der Waals surface area contributed by atoms with Crippen molar-refractivity contribution < 1.29 is 28.6 Å². The van der Waals surface area contributed by atoms with Gasteiger partial charge in [-0.3, -0.25) is 14.4 Å². The third kappa shape index (κ3) is 51.7. The summed E-state index contributed by atoms with van der Waals surface area (Å²) < 4.78 is 16.8. The van der Waals surface area contributed by atoms with E-state index in [2.05, 4.69) is 93.7 Å². The Labute approximate surface area is 402 Å². The molecular formula is C59H102O6. The van der Waals surface area contributed by atoms with Gasteiger partial charge in [0.05, 0.1) is 0 Å². The van der Waals surface area contributed by atoms with Gasteiger partial charge in [-0.05, 0) is 103 Å². The van der Waals surface area contributed by atoms with Crippen LogP contribution in [0.4, 0.5) is 0 Å². The van der Waals surface area contributed by atoms with Gasteiger partial charge >= 0.3 is 17.9 Å². The summed E-state index contributed by atoms with van der Waals surface area (Å²) in [7, 11) is 0. The first-order chi connectivity index (χ1) is 32.0. The smallest absolute Gasteiger partial charge is 0.306 e. The second-order valence-electron chi connectivity index (χ2n) is 18.1. The van der Waals surface area contributed by atoms with Crippen molar-refractivity contribution in [2.45, 2.75) is 271 Å². The standard InChI is InChI=1S/C59H102O6/c1-4-7-10-13-16-19-22-24-26-28-29-30-31-32-34-35-37-40-43-46-49-52-58(61)64-55-56(54-63-57(60)51-48-45-42-39-21-18-15-12-9-6-3)65-59(62)53-50-47-44-41-38-36-33-27-25-23-20-17-14-11-8-5-2/h7,10,12,15-16,19,24,26-27,29-30,33,56H,4-6,8-9,11,13-14,17-18,20-23,25,28,31-32,34-55H2,1-3H3/b10-7-,15-12-,19-16-,26-24-,30-29-,33-27-. The Kier molecular flexibility index (Phi) is 50.9. The topological polar surface area (TPSA) is 78.9 Å². The number of hydrogen-bond donors (Lipinski definition) is 0. The molecule has 0 rings (SSSR count). The first-order valence-electron chi connectivity index (χ1n) is 27.4. The summed E-state index contributed by atoms with van der Waals surface area (Å²) >= 11 is 0. The molecule has 0 aliphatic rings. The Morgan fingerprint density at radius 3 is 1.02 bits per heavy atom. The van der Waals surface area contributed by atoms with Crippen molar-refractivity contribution in [2.75, 3.05) is 13.2 Å². The maximum absolute atomic E-state index is 12.8. The molecule has 0 radical (unpaired) electrons. The predicted molar refractivity (Wildman–Crippen MR) is 279 cm³/mol. The average molecular weight is 907 g/mol. The third-order valence-corrected chi connectivity index (χ3v) is 11.6. The van der Waals surface area contributed by atoms with E-state index in [1.54, 1.807) is 0 Å². The zero-order valence-corrected chi connectivity index (χ0v) is 42.7. The molecule has 0 aromatic rings. The van der Waals surface area contributed by atoms with Crippen molar-refractivity contribution >= 4 is 17.9 Å². The van der Waals surface area contributed by atoms with Crippen molar-refractivity contribution in [1.82, 2.24) is 0 Å². The van der Waals surface area contributed by atoms with Gasteiger partial charge in [-0.1, -0.05) is 216 Å². The fourth-order valence-electron chi connectivity index (χ4n) is 7.55. The number of unbranched alkanes of at least 4 members (excludes halogenated alkanes) is 26. The molecule has 6 nitrogen and oxygen atoms in total. The number of ether oxygens (including phenoxy) is 3. The summed E-state index contributed by atoms with van der Waals surface area (Å²) in [6.07, 6.45) is 67.5. The van der Waals surface area contributed by atoms with Crippen LogP contribution in [0.25, 0.3) is 0 Å². The summed E-state index contributed by atoms with van der Waals surface area (Å²) in [6, 6.07) is 0. The zero-order valence-electron chi connectivity index (χ0n) is 42.7. The molecule has 0 aromatic carbocycles. The lowest BCUT2D eigenvalue weighted by atomic mass is 10.1. The molecule has 65 heavy (non-hydrogen) atoms. The normalized spacial score (nSPS) is 12.6. The number of carbonyl (C=O) groups excluding carboxylic acids is 3. The Bertz CT molecular complexity index is 1230. The van der Waals surface area contributed by atoms with Crippen LogP contribution in [0.3, 0.4) is 0 Å². The minimum Gasteiger partial charge on any atom is -0.462 e. The first-order valence-corrected chi connectivity index (χ1v) is 27.4. The average Bonchev–Trinajstić information content (AvgIpc) is 3.30. The van der Waals surface area contributed by atoms with Crippen LogP contribution < -0.4 is 0 Å². The van der Waals surface area contributed by atoms with E-state index in [1.165, 1.54) is 109 Å². The minimum atomic E-state index is -0.785. The third-order valence-electron chi connectivity index (χ3n) is 11.6. The molecule has 0 N–H and O–H groups in total. The highest BCUT2D eigenvalue weighted by molar-refractivity contribution is 5.71. The fourth-order valence-corrected chi connectivity index (χ4v) is 7.55. The first kappa shape index (κ1) is 61.9. The maximum atomic E-state index is 12.8. The molecule has 374 valence electrons. The highest BCUT2D eigenvalue weighted by atomic mass is 16.6. The van der Waals surface area contributed by atoms with E-state index < -0.39 is 6.10 Å². The van der Waals surface area contributed by atoms with Crippen molar-refractivity contribution in [2.24, 2.45) is 0 Å². The van der Waals surface area contributed by atoms with Gasteiger partial charge in [0.1, 0.15) is 13.2 Å². The van der Waals surface area contributed by atoms with Gasteiger partial charge in [-0.25, -0.2) is 0 Å². The second kappa shape index (κ2) is 53.5. The number of carbonyl (C=O) groups is 3. The monoisotopic (exact) mass is 907 g/mol. The SMILES string of the molecule is CC/C=C\C/C=C\C/C=C\C/C=C\CCCCCCCCCCC(=O)OCC(COC(=O)CCCCCCC/C=C\CCC)OC(=O)CCCCCCC/C=C\CCCCCCCCC. The van der Waals surface area contributed by atoms with E-state index in [-0.39, 0.29) is 31.1 Å². The molecule has 0 saturated carbocycles. The molecule has 0 aliphatic carbocycles. The fraction of sp³-hybridized carbons (Fsp3) is 0.746. The molecular weight excluding hydrogens is 805 g/mol. The van der Waals surface area contributed by atoms with E-state index in [4.69, 9.17) is 14.2 Å². The Morgan fingerprint density at radius 2 is 0.631 bits per heavy atom. The number of esters is 3. The minimum absolute atomic E-state index is 0.0854. The summed E-state index contributed by atoms with van der Waals surface area (Å²) in [4.78, 5) is 38.0. The van der Waals surface area contributed by atoms with E-state index in [0.29, 0.717) is 19.3 Å². The van der Waals surface area contributed by atoms with Crippen LogP contribution in [0.2, 0.25) is 0 Å². The molecule has 0 heterocycles. The largest absolute Gasteiger partial charge is 0.462 e. The van der Waals surface area contributed by atoms with Crippen LogP contribution in [-0.4, -0.2) is 37.2 Å². The van der Waals surface area contributed by atoms with E-state index >= 15 is 0 Å². The highest BCUT2D eigenvalue weighted by Gasteiger charge is 2.19. The molecule has 0 amide bonds. The van der Waals surface area contributed by atoms with Gasteiger partial charge in [0.25, 0.3) is 0 Å². The van der Waals surface area contributed by atoms with Gasteiger partial charge in [0.15, 0.2) is 6.10 Å². The Hall–Kier alpha value is -3.15. The van der Waals surface area contributed by atoms with Crippen LogP contribution in [0.1, 0.15) is 265 Å². The molecule has 0 aliphatic heterocycles. The molecule has 6 heteroatoms. The molecule has 0 spiro atoms. The van der Waals surface area contributed by atoms with Crippen LogP contribution in [0, 0.1) is 0 Å². The predicted octanol–water partition coefficient (Wildman–Crippen LogP) is 18.2. The van der Waals surface area contributed by atoms with Crippen LogP contribution >= 0.6 is 0 Å². The molecule has 0 aromatic heterocycles. The molecule has 1 atom stereocenters. The van der Waals surface area contributed by atoms with Gasteiger partial charge in [0, 0.05) is 19.3 Å². The van der Waals surface area contributed by atoms with Crippen molar-refractivity contribution in [3.05, 3.63) is 72.9 Å². The van der Waals surface area contributed by atoms with E-state index in [9.17, 15) is 14.4 Å². The Balaban J connectivity index is 4.33. The molecule has 1 unspecified atom stereocenters. The summed E-state index contributed by atoms with van der Waals surface area (Å²) in [6.45, 7) is 6.45. The van der Waals surface area contributed by atoms with Crippen molar-refractivity contribution in [3.63, 3.8) is 0 Å². The molecule has 0 bridgehead atoms. The quantitative estimate of drug-likeness (QED) is 0.0262. The summed E-state index contributed by atoms with van der Waals surface area (Å²) in [5.74, 6) is -0.908. The van der Waals surface area contributed by atoms with Crippen LogP contribution in [0.5, 0.6) is 0 Å². The highest BCUT2D eigenvalue weighted by Crippen LogP contribution is 2.15. The van der Waals surface area contributed by atoms with Gasteiger partial charge in [-0.2, -0.15) is 0 Å². The summed E-state index contributed by atoms with van der Waals surface area (Å²) in [5.41, 5.74) is 0. The number of rotatable bonds is 49. The van der Waals surface area contributed by atoms with Crippen LogP contribution in [0.15, 0.2) is 72.9 Å². The molecule has 0 saturated heterocycles. The van der Waals surface area contributed by atoms with Crippen LogP contribution in [-0.2, 0) is 28.6 Å². The second-order valence-corrected chi connectivity index (χ2v) is 18.1. The maximum Gasteiger partial charge on any atom is 0.306 e. The van der Waals surface area contributed by atoms with Gasteiger partial charge < -0.3 is 14.2 Å². The van der Waals surface area contributed by atoms with E-state index in [0.717, 1.165) is 116 Å². The lowest BCUT2D eigenvalue weighted by molar-refractivity contribution is -0.167. The number of hydrogen-bond acceptors (Lipinski definition) is 6.